The summed E-state index contributed by atoms with van der Waals surface area (Å²) in [5, 5.41) is 0. The number of esters is 4. The molecular formula is C47H44F6O12. The minimum atomic E-state index is -4.21. The van der Waals surface area contributed by atoms with Gasteiger partial charge in [0, 0.05) is 25.0 Å². The number of epoxide rings is 2. The van der Waals surface area contributed by atoms with Crippen LogP contribution in [0.2, 0.25) is 0 Å². The van der Waals surface area contributed by atoms with Crippen LogP contribution in [-0.2, 0) is 28.5 Å². The molecule has 2 aliphatic rings. The number of hydrogen-bond acceptors (Lipinski definition) is 12. The predicted molar refractivity (Wildman–Crippen MR) is 221 cm³/mol. The van der Waals surface area contributed by atoms with Crippen LogP contribution < -0.4 is 18.9 Å². The summed E-state index contributed by atoms with van der Waals surface area (Å²) in [4.78, 5) is 48.0. The van der Waals surface area contributed by atoms with Crippen LogP contribution in [0.5, 0.6) is 23.0 Å². The molecule has 2 aliphatic heterocycles. The molecule has 2 fully saturated rings. The van der Waals surface area contributed by atoms with Crippen LogP contribution in [0.4, 0.5) is 26.3 Å². The van der Waals surface area contributed by atoms with Gasteiger partial charge in [-0.25, -0.2) is 19.2 Å². The fraction of sp³-hybridized carbons (Fsp3) is 0.319. The Kier molecular flexibility index (Phi) is 18.5. The lowest BCUT2D eigenvalue weighted by Gasteiger charge is -2.09. The maximum absolute atomic E-state index is 12.4. The topological polar surface area (TPSA) is 149 Å². The zero-order valence-electron chi connectivity index (χ0n) is 34.6. The van der Waals surface area contributed by atoms with Crippen molar-refractivity contribution in [2.75, 3.05) is 39.6 Å². The maximum Gasteiger partial charge on any atom is 0.389 e. The van der Waals surface area contributed by atoms with E-state index in [1.54, 1.807) is 72.8 Å². The maximum atomic E-state index is 12.4. The number of carbonyl (C=O) groups is 4. The van der Waals surface area contributed by atoms with Gasteiger partial charge in [0.25, 0.3) is 0 Å². The third-order valence-electron chi connectivity index (χ3n) is 8.77. The average Bonchev–Trinajstić information content (AvgIpc) is 4.22. The Morgan fingerprint density at radius 1 is 0.538 bits per heavy atom. The molecule has 0 aromatic heterocycles. The predicted octanol–water partition coefficient (Wildman–Crippen LogP) is 9.55. The number of ether oxygens (including phenoxy) is 8. The number of hydrogen-bond donors (Lipinski definition) is 0. The van der Waals surface area contributed by atoms with Gasteiger partial charge < -0.3 is 37.9 Å². The van der Waals surface area contributed by atoms with E-state index in [4.69, 9.17) is 37.9 Å². The first-order valence-electron chi connectivity index (χ1n) is 20.2. The number of rotatable bonds is 21. The second-order valence-electron chi connectivity index (χ2n) is 14.3. The zero-order chi connectivity index (χ0) is 46.7. The molecule has 0 saturated carbocycles. The highest BCUT2D eigenvalue weighted by molar-refractivity contribution is 5.92. The smallest absolute Gasteiger partial charge is 0.389 e. The summed E-state index contributed by atoms with van der Waals surface area (Å²) in [6.45, 7) is 1.72. The van der Waals surface area contributed by atoms with Gasteiger partial charge in [-0.2, -0.15) is 26.3 Å². The van der Waals surface area contributed by atoms with Gasteiger partial charge in [0.2, 0.25) is 0 Å². The summed E-state index contributed by atoms with van der Waals surface area (Å²) < 4.78 is 114. The summed E-state index contributed by atoms with van der Waals surface area (Å²) in [6, 6.07) is 25.2. The van der Waals surface area contributed by atoms with Gasteiger partial charge in [-0.15, -0.1) is 0 Å². The Hall–Kier alpha value is -6.66. The van der Waals surface area contributed by atoms with Crippen LogP contribution in [0.3, 0.4) is 0 Å². The number of unbranched alkanes of at least 4 members (excludes halogenated alkanes) is 1. The van der Waals surface area contributed by atoms with Crippen molar-refractivity contribution in [2.24, 2.45) is 0 Å². The molecule has 0 bridgehead atoms. The van der Waals surface area contributed by atoms with E-state index in [1.807, 2.05) is 0 Å². The van der Waals surface area contributed by atoms with Crippen LogP contribution in [0.25, 0.3) is 12.2 Å². The summed E-state index contributed by atoms with van der Waals surface area (Å²) in [7, 11) is 0. The van der Waals surface area contributed by atoms with E-state index >= 15 is 0 Å². The lowest BCUT2D eigenvalue weighted by atomic mass is 10.2. The third kappa shape index (κ3) is 20.6. The highest BCUT2D eigenvalue weighted by Gasteiger charge is 2.27. The van der Waals surface area contributed by atoms with E-state index in [0.717, 1.165) is 0 Å². The highest BCUT2D eigenvalue weighted by Crippen LogP contribution is 2.24. The fourth-order valence-corrected chi connectivity index (χ4v) is 5.25. The molecule has 0 N–H and O–H groups in total. The van der Waals surface area contributed by atoms with E-state index in [-0.39, 0.29) is 74.8 Å². The molecule has 0 aliphatic carbocycles. The Labute approximate surface area is 369 Å². The summed E-state index contributed by atoms with van der Waals surface area (Å²) in [5.41, 5.74) is 1.82. The van der Waals surface area contributed by atoms with Gasteiger partial charge in [0.15, 0.2) is 0 Å². The van der Waals surface area contributed by atoms with Gasteiger partial charge >= 0.3 is 36.2 Å². The van der Waals surface area contributed by atoms with Crippen molar-refractivity contribution < 1.29 is 83.4 Å². The number of halogens is 6. The Balaban J connectivity index is 0.000000244. The standard InChI is InChI=1S/C24H23F3O6.C23H21F3O6/c25-24(26,27)12-1-2-13-30-19-9-7-18(8-10-19)23(29)33-20-5-3-4-17(14-20)6-11-22(28)32-16-21-15-31-21;24-23(25,26)11-2-12-29-18-8-6-17(7-9-18)22(28)32-19-4-1-3-16(13-19)5-10-21(27)31-15-20-14-30-20/h3-11,14,21H,1-2,12-13,15-16H2;1,3-10,13,20H,2,11-12,14-15H2/b11-6+;10-5+. The molecule has 0 amide bonds. The molecule has 2 heterocycles. The van der Waals surface area contributed by atoms with Crippen LogP contribution in [0.15, 0.2) is 109 Å². The molecule has 18 heteroatoms. The van der Waals surface area contributed by atoms with Gasteiger partial charge in [-0.1, -0.05) is 24.3 Å². The van der Waals surface area contributed by atoms with Crippen LogP contribution in [0.1, 0.15) is 63.9 Å². The number of carbonyl (C=O) groups excluding carboxylic acids is 4. The second-order valence-corrected chi connectivity index (χ2v) is 14.3. The van der Waals surface area contributed by atoms with Gasteiger partial charge in [0.1, 0.15) is 48.4 Å². The molecular weight excluding hydrogens is 870 g/mol. The minimum Gasteiger partial charge on any atom is -0.494 e. The normalized spacial score (nSPS) is 15.4. The molecule has 4 aromatic rings. The summed E-state index contributed by atoms with van der Waals surface area (Å²) in [5.74, 6) is -0.799. The van der Waals surface area contributed by atoms with E-state index in [1.165, 1.54) is 48.6 Å². The van der Waals surface area contributed by atoms with Crippen molar-refractivity contribution in [3.8, 4) is 23.0 Å². The third-order valence-corrected chi connectivity index (χ3v) is 8.77. The molecule has 2 atom stereocenters. The van der Waals surface area contributed by atoms with Crippen molar-refractivity contribution in [1.82, 2.24) is 0 Å². The summed E-state index contributed by atoms with van der Waals surface area (Å²) in [6.07, 6.45) is -4.36. The number of alkyl halides is 6. The highest BCUT2D eigenvalue weighted by atomic mass is 19.4. The van der Waals surface area contributed by atoms with E-state index in [2.05, 4.69) is 0 Å². The van der Waals surface area contributed by atoms with Crippen molar-refractivity contribution in [3.05, 3.63) is 131 Å². The van der Waals surface area contributed by atoms with Crippen molar-refractivity contribution in [2.45, 2.75) is 56.7 Å². The molecule has 65 heavy (non-hydrogen) atoms. The van der Waals surface area contributed by atoms with Crippen LogP contribution in [0, 0.1) is 0 Å². The lowest BCUT2D eigenvalue weighted by Crippen LogP contribution is -2.10. The SMILES string of the molecule is O=C(/C=C/c1cccc(OC(=O)c2ccc(OCCCC(F)(F)F)cc2)c1)OCC1CO1.O=C(/C=C/c1cccc(OC(=O)c2ccc(OCCCCC(F)(F)F)cc2)c1)OCC1CO1. The van der Waals surface area contributed by atoms with Gasteiger partial charge in [-0.3, -0.25) is 0 Å². The number of benzene rings is 4. The average molecular weight is 915 g/mol. The Bertz CT molecular complexity index is 2230. The van der Waals surface area contributed by atoms with E-state index in [0.29, 0.717) is 41.6 Å². The molecule has 0 spiro atoms. The first-order chi connectivity index (χ1) is 31.1. The fourth-order valence-electron chi connectivity index (χ4n) is 5.25. The largest absolute Gasteiger partial charge is 0.494 e. The van der Waals surface area contributed by atoms with E-state index in [9.17, 15) is 45.5 Å². The molecule has 12 nitrogen and oxygen atoms in total. The van der Waals surface area contributed by atoms with Gasteiger partial charge in [-0.05, 0) is 115 Å². The quantitative estimate of drug-likeness (QED) is 0.0196. The zero-order valence-corrected chi connectivity index (χ0v) is 34.6. The molecule has 346 valence electrons. The summed E-state index contributed by atoms with van der Waals surface area (Å²) >= 11 is 0. The van der Waals surface area contributed by atoms with Crippen molar-refractivity contribution in [3.63, 3.8) is 0 Å². The first kappa shape index (κ1) is 49.4. The van der Waals surface area contributed by atoms with E-state index < -0.39 is 49.1 Å². The van der Waals surface area contributed by atoms with Crippen molar-refractivity contribution >= 4 is 36.0 Å². The molecule has 6 rings (SSSR count). The van der Waals surface area contributed by atoms with Crippen molar-refractivity contribution in [1.29, 1.82) is 0 Å². The monoisotopic (exact) mass is 914 g/mol. The first-order valence-corrected chi connectivity index (χ1v) is 20.2. The Morgan fingerprint density at radius 2 is 0.938 bits per heavy atom. The van der Waals surface area contributed by atoms with Crippen LogP contribution >= 0.6 is 0 Å². The lowest BCUT2D eigenvalue weighted by molar-refractivity contribution is -0.139. The van der Waals surface area contributed by atoms with Gasteiger partial charge in [0.05, 0.1) is 37.6 Å². The van der Waals surface area contributed by atoms with Crippen LogP contribution in [-0.4, -0.2) is 88.1 Å². The molecule has 0 radical (unpaired) electrons. The molecule has 2 unspecified atom stereocenters. The second kappa shape index (κ2) is 24.4. The molecule has 4 aromatic carbocycles. The molecule has 2 saturated heterocycles. The Morgan fingerprint density at radius 3 is 1.34 bits per heavy atom. The minimum absolute atomic E-state index is 0.00122.